The van der Waals surface area contributed by atoms with Crippen LogP contribution in [-0.4, -0.2) is 22.2 Å². The van der Waals surface area contributed by atoms with Crippen LogP contribution in [0.15, 0.2) is 36.4 Å². The summed E-state index contributed by atoms with van der Waals surface area (Å²) in [5, 5.41) is 18.9. The Morgan fingerprint density at radius 3 is 1.56 bits per heavy atom. The number of hydrogen-bond donors (Lipinski definition) is 2. The predicted octanol–water partition coefficient (Wildman–Crippen LogP) is -3.53. The molecule has 0 saturated heterocycles. The summed E-state index contributed by atoms with van der Waals surface area (Å²) in [4.78, 5) is 22.0. The van der Waals surface area contributed by atoms with Crippen molar-refractivity contribution in [2.75, 3.05) is 0 Å². The van der Waals surface area contributed by atoms with E-state index < -0.39 is 11.9 Å². The smallest absolute Gasteiger partial charge is 1.00 e. The summed E-state index contributed by atoms with van der Waals surface area (Å²) in [6, 6.07) is 9.37. The van der Waals surface area contributed by atoms with Crippen molar-refractivity contribution in [3.8, 4) is 0 Å². The molecule has 0 bridgehead atoms. The van der Waals surface area contributed by atoms with Crippen LogP contribution in [0, 0.1) is 0 Å². The van der Waals surface area contributed by atoms with Gasteiger partial charge in [-0.1, -0.05) is 24.3 Å². The molecule has 2 N–H and O–H groups in total. The summed E-state index contributed by atoms with van der Waals surface area (Å²) < 4.78 is 0. The van der Waals surface area contributed by atoms with E-state index in [0.29, 0.717) is 5.39 Å². The van der Waals surface area contributed by atoms with Crippen LogP contribution in [0.2, 0.25) is 0 Å². The first kappa shape index (κ1) is 17.6. The minimum Gasteiger partial charge on any atom is -1.00 e. The molecular weight excluding hydrogens is 254 g/mol. The molecular formula is C12H10Na2O4. The summed E-state index contributed by atoms with van der Waals surface area (Å²) in [6.45, 7) is 0. The number of carboxylic acid groups (broad SMARTS) is 2. The predicted molar refractivity (Wildman–Crippen MR) is 60.1 cm³/mol. The van der Waals surface area contributed by atoms with E-state index >= 15 is 0 Å². The van der Waals surface area contributed by atoms with Crippen LogP contribution in [0.1, 0.15) is 23.6 Å². The molecule has 0 aliphatic carbocycles. The second-order valence-corrected chi connectivity index (χ2v) is 3.32. The third-order valence-corrected chi connectivity index (χ3v) is 2.37. The molecule has 0 atom stereocenters. The summed E-state index contributed by atoms with van der Waals surface area (Å²) in [5.74, 6) is -2.25. The van der Waals surface area contributed by atoms with Crippen molar-refractivity contribution < 1.29 is 81.8 Å². The Morgan fingerprint density at radius 2 is 1.22 bits per heavy atom. The van der Waals surface area contributed by atoms with Gasteiger partial charge in [-0.3, -0.25) is 0 Å². The topological polar surface area (TPSA) is 74.6 Å². The SMILES string of the molecule is O=C(O)c1cccc2cccc(C(=O)O)c12.[H-].[H-].[Na+].[Na+]. The summed E-state index contributed by atoms with van der Waals surface area (Å²) >= 11 is 0. The second kappa shape index (κ2) is 7.28. The Morgan fingerprint density at radius 1 is 0.833 bits per heavy atom. The van der Waals surface area contributed by atoms with Crippen LogP contribution in [-0.2, 0) is 0 Å². The van der Waals surface area contributed by atoms with E-state index in [1.807, 2.05) is 0 Å². The summed E-state index contributed by atoms with van der Waals surface area (Å²) in [6.07, 6.45) is 0. The van der Waals surface area contributed by atoms with Gasteiger partial charge in [-0.2, -0.15) is 0 Å². The summed E-state index contributed by atoms with van der Waals surface area (Å²) in [5.41, 5.74) is 0.0194. The minimum atomic E-state index is -1.13. The van der Waals surface area contributed by atoms with Crippen LogP contribution >= 0.6 is 0 Å². The molecule has 2 rings (SSSR count). The van der Waals surface area contributed by atoms with Gasteiger partial charge in [0.2, 0.25) is 0 Å². The fourth-order valence-corrected chi connectivity index (χ4v) is 1.70. The van der Waals surface area contributed by atoms with Crippen molar-refractivity contribution in [2.24, 2.45) is 0 Å². The van der Waals surface area contributed by atoms with E-state index in [9.17, 15) is 9.59 Å². The van der Waals surface area contributed by atoms with Crippen LogP contribution in [0.3, 0.4) is 0 Å². The molecule has 0 fully saturated rings. The zero-order valence-corrected chi connectivity index (χ0v) is 14.2. The van der Waals surface area contributed by atoms with Crippen molar-refractivity contribution in [3.63, 3.8) is 0 Å². The number of carboxylic acids is 2. The van der Waals surface area contributed by atoms with Gasteiger partial charge < -0.3 is 13.1 Å². The van der Waals surface area contributed by atoms with Crippen molar-refractivity contribution in [1.82, 2.24) is 0 Å². The Bertz CT molecular complexity index is 556. The summed E-state index contributed by atoms with van der Waals surface area (Å²) in [7, 11) is 0. The fraction of sp³-hybridized carbons (Fsp3) is 0. The fourth-order valence-electron chi connectivity index (χ4n) is 1.70. The number of rotatable bonds is 2. The Labute approximate surface area is 151 Å². The first-order valence-electron chi connectivity index (χ1n) is 4.59. The molecule has 18 heavy (non-hydrogen) atoms. The van der Waals surface area contributed by atoms with E-state index in [2.05, 4.69) is 0 Å². The van der Waals surface area contributed by atoms with Crippen molar-refractivity contribution in [2.45, 2.75) is 0 Å². The molecule has 2 aromatic rings. The molecule has 0 unspecified atom stereocenters. The maximum absolute atomic E-state index is 11.0. The largest absolute Gasteiger partial charge is 1.00 e. The first-order chi connectivity index (χ1) is 7.61. The van der Waals surface area contributed by atoms with Crippen LogP contribution in [0.5, 0.6) is 0 Å². The van der Waals surface area contributed by atoms with Gasteiger partial charge in [-0.05, 0) is 17.5 Å². The van der Waals surface area contributed by atoms with Gasteiger partial charge in [0.1, 0.15) is 0 Å². The van der Waals surface area contributed by atoms with Crippen molar-refractivity contribution in [1.29, 1.82) is 0 Å². The number of hydrogen-bond acceptors (Lipinski definition) is 2. The molecule has 0 heterocycles. The molecule has 4 nitrogen and oxygen atoms in total. The number of benzene rings is 2. The van der Waals surface area contributed by atoms with Crippen LogP contribution in [0.4, 0.5) is 0 Å². The molecule has 6 heteroatoms. The first-order valence-corrected chi connectivity index (χ1v) is 4.59. The normalized spacial score (nSPS) is 9.11. The van der Waals surface area contributed by atoms with E-state index in [0.717, 1.165) is 0 Å². The van der Waals surface area contributed by atoms with Gasteiger partial charge in [0.15, 0.2) is 0 Å². The molecule has 0 aromatic heterocycles. The zero-order chi connectivity index (χ0) is 11.7. The van der Waals surface area contributed by atoms with E-state index in [-0.39, 0.29) is 78.5 Å². The zero-order valence-electron chi connectivity index (χ0n) is 12.2. The van der Waals surface area contributed by atoms with Gasteiger partial charge in [0, 0.05) is 5.39 Å². The number of aromatic carboxylic acids is 2. The van der Waals surface area contributed by atoms with E-state index in [4.69, 9.17) is 10.2 Å². The number of carbonyl (C=O) groups is 2. The second-order valence-electron chi connectivity index (χ2n) is 3.32. The van der Waals surface area contributed by atoms with Crippen LogP contribution in [0.25, 0.3) is 10.8 Å². The Kier molecular flexibility index (Phi) is 7.14. The van der Waals surface area contributed by atoms with E-state index in [1.54, 1.807) is 24.3 Å². The maximum Gasteiger partial charge on any atom is 1.00 e. The minimum absolute atomic E-state index is 0. The van der Waals surface area contributed by atoms with E-state index in [1.165, 1.54) is 12.1 Å². The van der Waals surface area contributed by atoms with Gasteiger partial charge in [-0.15, -0.1) is 0 Å². The average Bonchev–Trinajstić information content (AvgIpc) is 2.27. The van der Waals surface area contributed by atoms with Crippen molar-refractivity contribution in [3.05, 3.63) is 47.5 Å². The quantitative estimate of drug-likeness (QED) is 0.551. The molecule has 0 amide bonds. The molecule has 0 saturated carbocycles. The number of fused-ring (bicyclic) bond motifs is 1. The molecule has 0 radical (unpaired) electrons. The third-order valence-electron chi connectivity index (χ3n) is 2.37. The van der Waals surface area contributed by atoms with Gasteiger partial charge in [-0.25, -0.2) is 9.59 Å². The molecule has 0 aliphatic rings. The molecule has 0 spiro atoms. The van der Waals surface area contributed by atoms with Gasteiger partial charge in [0.05, 0.1) is 11.1 Å². The Balaban J connectivity index is -0.000000722. The molecule has 84 valence electrons. The third kappa shape index (κ3) is 3.35. The molecule has 0 aliphatic heterocycles. The van der Waals surface area contributed by atoms with Gasteiger partial charge >= 0.3 is 71.1 Å². The van der Waals surface area contributed by atoms with Gasteiger partial charge in [0.25, 0.3) is 0 Å². The maximum atomic E-state index is 11.0. The molecule has 2 aromatic carbocycles. The Hall–Kier alpha value is -0.360. The van der Waals surface area contributed by atoms with Crippen LogP contribution < -0.4 is 59.1 Å². The average molecular weight is 264 g/mol. The standard InChI is InChI=1S/C12H8O4.2Na.2H/c13-11(14)8-5-1-3-7-4-2-6-9(10(7)8)12(15)16;;;;/h1-6H,(H,13,14)(H,15,16);;;;/q;2*+1;2*-1. The monoisotopic (exact) mass is 264 g/mol. The van der Waals surface area contributed by atoms with Crippen molar-refractivity contribution >= 4 is 22.7 Å².